The summed E-state index contributed by atoms with van der Waals surface area (Å²) in [7, 11) is 2.08. The quantitative estimate of drug-likeness (QED) is 0.738. The van der Waals surface area contributed by atoms with E-state index in [9.17, 15) is 9.18 Å². The second kappa shape index (κ2) is 8.63. The highest BCUT2D eigenvalue weighted by Gasteiger charge is 2.14. The highest BCUT2D eigenvalue weighted by molar-refractivity contribution is 5.93. The van der Waals surface area contributed by atoms with Crippen LogP contribution >= 0.6 is 0 Å². The summed E-state index contributed by atoms with van der Waals surface area (Å²) in [6.07, 6.45) is 4.57. The van der Waals surface area contributed by atoms with Crippen molar-refractivity contribution in [2.75, 3.05) is 26.9 Å². The van der Waals surface area contributed by atoms with Crippen LogP contribution in [-0.4, -0.2) is 32.7 Å². The molecule has 1 heterocycles. The van der Waals surface area contributed by atoms with Crippen LogP contribution < -0.4 is 14.4 Å². The van der Waals surface area contributed by atoms with Gasteiger partial charge in [0.05, 0.1) is 26.6 Å². The van der Waals surface area contributed by atoms with E-state index >= 15 is 0 Å². The molecule has 1 N–H and O–H groups in total. The standard InChI is InChI=1S/C21H22FNO3/c1-23(11-9-17-6-8-20-21(14-17)26-15-25-20)12-10-19(24)7-5-16-3-2-4-18(22)13-16/h2-8,13-14H,9-12,15H2,1H3/p+1/b7-5+. The second-order valence-corrected chi connectivity index (χ2v) is 6.50. The summed E-state index contributed by atoms with van der Waals surface area (Å²) in [6.45, 7) is 1.98. The summed E-state index contributed by atoms with van der Waals surface area (Å²) in [5.74, 6) is 1.35. The monoisotopic (exact) mass is 356 g/mol. The number of hydrogen-bond donors (Lipinski definition) is 1. The summed E-state index contributed by atoms with van der Waals surface area (Å²) in [4.78, 5) is 13.3. The highest BCUT2D eigenvalue weighted by Crippen LogP contribution is 2.32. The van der Waals surface area contributed by atoms with Gasteiger partial charge in [-0.05, 0) is 41.5 Å². The van der Waals surface area contributed by atoms with Crippen LogP contribution in [0.1, 0.15) is 17.5 Å². The predicted octanol–water partition coefficient (Wildman–Crippen LogP) is 2.28. The Bertz CT molecular complexity index is 804. The number of quaternary nitrogens is 1. The zero-order valence-electron chi connectivity index (χ0n) is 14.8. The zero-order valence-corrected chi connectivity index (χ0v) is 14.8. The Morgan fingerprint density at radius 2 is 2.00 bits per heavy atom. The Kier molecular flexibility index (Phi) is 6.02. The molecule has 136 valence electrons. The molecular formula is C21H23FNO3+. The van der Waals surface area contributed by atoms with Gasteiger partial charge in [-0.15, -0.1) is 0 Å². The van der Waals surface area contributed by atoms with E-state index in [1.54, 1.807) is 18.2 Å². The second-order valence-electron chi connectivity index (χ2n) is 6.50. The molecule has 0 bridgehead atoms. The number of ketones is 1. The first-order valence-electron chi connectivity index (χ1n) is 8.76. The Morgan fingerprint density at radius 3 is 2.85 bits per heavy atom. The van der Waals surface area contributed by atoms with Gasteiger partial charge >= 0.3 is 0 Å². The largest absolute Gasteiger partial charge is 0.454 e. The molecule has 0 amide bonds. The number of carbonyl (C=O) groups is 1. The van der Waals surface area contributed by atoms with E-state index in [0.717, 1.165) is 31.0 Å². The van der Waals surface area contributed by atoms with Gasteiger partial charge in [-0.25, -0.2) is 4.39 Å². The third-order valence-corrected chi connectivity index (χ3v) is 4.39. The zero-order chi connectivity index (χ0) is 18.4. The number of halogens is 1. The van der Waals surface area contributed by atoms with Crippen molar-refractivity contribution < 1.29 is 23.6 Å². The fraction of sp³-hybridized carbons (Fsp3) is 0.286. The molecular weight excluding hydrogens is 333 g/mol. The van der Waals surface area contributed by atoms with Crippen molar-refractivity contribution in [3.8, 4) is 11.5 Å². The average molecular weight is 356 g/mol. The molecule has 2 aromatic rings. The van der Waals surface area contributed by atoms with Crippen molar-refractivity contribution in [1.29, 1.82) is 0 Å². The van der Waals surface area contributed by atoms with E-state index in [0.29, 0.717) is 12.0 Å². The molecule has 26 heavy (non-hydrogen) atoms. The number of nitrogens with one attached hydrogen (secondary N) is 1. The van der Waals surface area contributed by atoms with Crippen LogP contribution in [0, 0.1) is 5.82 Å². The lowest BCUT2D eigenvalue weighted by molar-refractivity contribution is -0.878. The summed E-state index contributed by atoms with van der Waals surface area (Å²) in [5, 5.41) is 0. The maximum Gasteiger partial charge on any atom is 0.231 e. The molecule has 0 aromatic heterocycles. The minimum absolute atomic E-state index is 0.0525. The molecule has 1 aliphatic rings. The van der Waals surface area contributed by atoms with Crippen molar-refractivity contribution in [3.05, 3.63) is 65.5 Å². The van der Waals surface area contributed by atoms with Crippen LogP contribution in [0.15, 0.2) is 48.5 Å². The van der Waals surface area contributed by atoms with Crippen LogP contribution in [0.2, 0.25) is 0 Å². The number of likely N-dealkylation sites (N-methyl/N-ethyl adjacent to an activating group) is 1. The van der Waals surface area contributed by atoms with Crippen molar-refractivity contribution in [2.24, 2.45) is 0 Å². The van der Waals surface area contributed by atoms with E-state index in [1.807, 2.05) is 18.2 Å². The van der Waals surface area contributed by atoms with Gasteiger partial charge in [0.25, 0.3) is 0 Å². The van der Waals surface area contributed by atoms with Gasteiger partial charge < -0.3 is 14.4 Å². The van der Waals surface area contributed by atoms with Crippen molar-refractivity contribution in [1.82, 2.24) is 0 Å². The lowest BCUT2D eigenvalue weighted by Gasteiger charge is -2.13. The molecule has 1 aliphatic heterocycles. The Hall–Kier alpha value is -2.66. The van der Waals surface area contributed by atoms with E-state index in [2.05, 4.69) is 7.05 Å². The van der Waals surface area contributed by atoms with Gasteiger partial charge in [-0.3, -0.25) is 4.79 Å². The molecule has 0 spiro atoms. The van der Waals surface area contributed by atoms with E-state index in [4.69, 9.17) is 9.47 Å². The van der Waals surface area contributed by atoms with Crippen molar-refractivity contribution in [3.63, 3.8) is 0 Å². The van der Waals surface area contributed by atoms with Crippen LogP contribution in [0.25, 0.3) is 6.08 Å². The minimum Gasteiger partial charge on any atom is -0.454 e. The Labute approximate surface area is 152 Å². The molecule has 3 rings (SSSR count). The van der Waals surface area contributed by atoms with Gasteiger partial charge in [-0.1, -0.05) is 24.3 Å². The van der Waals surface area contributed by atoms with Crippen molar-refractivity contribution in [2.45, 2.75) is 12.8 Å². The molecule has 2 aromatic carbocycles. The number of carbonyl (C=O) groups excluding carboxylic acids is 1. The fourth-order valence-corrected chi connectivity index (χ4v) is 2.80. The molecule has 4 nitrogen and oxygen atoms in total. The van der Waals surface area contributed by atoms with Crippen LogP contribution in [-0.2, 0) is 11.2 Å². The first-order chi connectivity index (χ1) is 12.6. The third kappa shape index (κ3) is 5.17. The SMILES string of the molecule is C[NH+](CCC(=O)/C=C/c1cccc(F)c1)CCc1ccc2c(c1)OCO2. The Morgan fingerprint density at radius 1 is 1.15 bits per heavy atom. The van der Waals surface area contributed by atoms with Gasteiger partial charge in [0.1, 0.15) is 5.82 Å². The van der Waals surface area contributed by atoms with Gasteiger partial charge in [0.15, 0.2) is 17.3 Å². The van der Waals surface area contributed by atoms with Crippen molar-refractivity contribution >= 4 is 11.9 Å². The number of ether oxygens (including phenoxy) is 2. The third-order valence-electron chi connectivity index (χ3n) is 4.39. The molecule has 0 saturated heterocycles. The summed E-state index contributed by atoms with van der Waals surface area (Å²) in [5.41, 5.74) is 1.90. The van der Waals surface area contributed by atoms with Crippen LogP contribution in [0.5, 0.6) is 11.5 Å². The molecule has 0 radical (unpaired) electrons. The maximum atomic E-state index is 13.1. The molecule has 5 heteroatoms. The number of fused-ring (bicyclic) bond motifs is 1. The molecule has 0 aliphatic carbocycles. The molecule has 0 saturated carbocycles. The van der Waals surface area contributed by atoms with Crippen LogP contribution in [0.3, 0.4) is 0 Å². The number of rotatable bonds is 8. The predicted molar refractivity (Wildman–Crippen MR) is 97.9 cm³/mol. The normalized spacial score (nSPS) is 13.9. The van der Waals surface area contributed by atoms with E-state index < -0.39 is 0 Å². The first kappa shape index (κ1) is 18.1. The number of allylic oxidation sites excluding steroid dienone is 1. The van der Waals surface area contributed by atoms with Gasteiger partial charge in [-0.2, -0.15) is 0 Å². The smallest absolute Gasteiger partial charge is 0.231 e. The Balaban J connectivity index is 1.40. The summed E-state index contributed by atoms with van der Waals surface area (Å²) in [6, 6.07) is 12.2. The van der Waals surface area contributed by atoms with E-state index in [-0.39, 0.29) is 18.4 Å². The molecule has 1 atom stereocenters. The lowest BCUT2D eigenvalue weighted by atomic mass is 10.1. The fourth-order valence-electron chi connectivity index (χ4n) is 2.80. The number of hydrogen-bond acceptors (Lipinski definition) is 3. The molecule has 0 fully saturated rings. The van der Waals surface area contributed by atoms with Gasteiger partial charge in [0, 0.05) is 6.42 Å². The van der Waals surface area contributed by atoms with E-state index in [1.165, 1.54) is 28.7 Å². The highest BCUT2D eigenvalue weighted by atomic mass is 19.1. The lowest BCUT2D eigenvalue weighted by Crippen LogP contribution is -3.09. The number of benzene rings is 2. The topological polar surface area (TPSA) is 40.0 Å². The molecule has 1 unspecified atom stereocenters. The maximum absolute atomic E-state index is 13.1. The summed E-state index contributed by atoms with van der Waals surface area (Å²) >= 11 is 0. The first-order valence-corrected chi connectivity index (χ1v) is 8.76. The minimum atomic E-state index is -0.299. The van der Waals surface area contributed by atoms with Crippen LogP contribution in [0.4, 0.5) is 4.39 Å². The average Bonchev–Trinajstić information content (AvgIpc) is 3.11. The summed E-state index contributed by atoms with van der Waals surface area (Å²) < 4.78 is 23.8. The van der Waals surface area contributed by atoms with Gasteiger partial charge in [0.2, 0.25) is 6.79 Å².